The number of amides is 1. The van der Waals surface area contributed by atoms with Crippen LogP contribution in [0.4, 0.5) is 17.8 Å². The molecule has 0 aromatic carbocycles. The Labute approximate surface area is 118 Å². The van der Waals surface area contributed by atoms with Crippen LogP contribution in [0.3, 0.4) is 0 Å². The van der Waals surface area contributed by atoms with Gasteiger partial charge >= 0.3 is 0 Å². The number of primary amides is 1. The molecule has 1 unspecified atom stereocenters. The van der Waals surface area contributed by atoms with Crippen LogP contribution >= 0.6 is 0 Å². The first kappa shape index (κ1) is 14.3. The number of carbonyl (C=O) groups excluding carboxylic acids is 1. The van der Waals surface area contributed by atoms with Gasteiger partial charge in [-0.05, 0) is 19.3 Å². The number of aromatic nitrogens is 3. The number of rotatable bonds is 4. The summed E-state index contributed by atoms with van der Waals surface area (Å²) < 4.78 is 0. The van der Waals surface area contributed by atoms with Gasteiger partial charge < -0.3 is 20.9 Å². The minimum Gasteiger partial charge on any atom is -0.368 e. The first-order valence-corrected chi connectivity index (χ1v) is 6.70. The van der Waals surface area contributed by atoms with Crippen molar-refractivity contribution in [3.05, 3.63) is 0 Å². The average molecular weight is 279 g/mol. The molecule has 0 spiro atoms. The number of hydrogen-bond donors (Lipinski definition) is 2. The number of carbonyl (C=O) groups is 1. The van der Waals surface area contributed by atoms with Gasteiger partial charge in [-0.15, -0.1) is 0 Å². The number of nitrogens with two attached hydrogens (primary N) is 1. The van der Waals surface area contributed by atoms with E-state index in [2.05, 4.69) is 20.3 Å². The Balaban J connectivity index is 2.38. The predicted octanol–water partition coefficient (Wildman–Crippen LogP) is -0.176. The Morgan fingerprint density at radius 3 is 2.70 bits per heavy atom. The Morgan fingerprint density at radius 1 is 1.35 bits per heavy atom. The van der Waals surface area contributed by atoms with Crippen LogP contribution in [0.15, 0.2) is 0 Å². The van der Waals surface area contributed by atoms with Crippen LogP contribution < -0.4 is 20.9 Å². The fourth-order valence-corrected chi connectivity index (χ4v) is 2.26. The monoisotopic (exact) mass is 279 g/mol. The van der Waals surface area contributed by atoms with Crippen molar-refractivity contribution in [2.24, 2.45) is 5.73 Å². The van der Waals surface area contributed by atoms with E-state index in [1.54, 1.807) is 11.9 Å². The van der Waals surface area contributed by atoms with Gasteiger partial charge in [0, 0.05) is 27.7 Å². The summed E-state index contributed by atoms with van der Waals surface area (Å²) >= 11 is 0. The van der Waals surface area contributed by atoms with Gasteiger partial charge in [0.15, 0.2) is 0 Å². The molecule has 1 fully saturated rings. The van der Waals surface area contributed by atoms with E-state index in [4.69, 9.17) is 5.73 Å². The summed E-state index contributed by atoms with van der Waals surface area (Å²) in [4.78, 5) is 28.3. The number of anilines is 3. The van der Waals surface area contributed by atoms with Crippen molar-refractivity contribution < 1.29 is 4.79 Å². The minimum absolute atomic E-state index is 0.331. The molecule has 1 aromatic rings. The first-order valence-electron chi connectivity index (χ1n) is 6.70. The summed E-state index contributed by atoms with van der Waals surface area (Å²) in [7, 11) is 5.47. The van der Waals surface area contributed by atoms with Gasteiger partial charge in [-0.2, -0.15) is 15.0 Å². The summed E-state index contributed by atoms with van der Waals surface area (Å²) in [5.74, 6) is 1.19. The predicted molar refractivity (Wildman–Crippen MR) is 77.9 cm³/mol. The second-order valence-corrected chi connectivity index (χ2v) is 5.01. The molecule has 110 valence electrons. The SMILES string of the molecule is CNc1nc(N(C)C)nc(N2CCCCC2C(N)=O)n1. The largest absolute Gasteiger partial charge is 0.368 e. The average Bonchev–Trinajstić information content (AvgIpc) is 2.46. The van der Waals surface area contributed by atoms with E-state index in [9.17, 15) is 4.79 Å². The van der Waals surface area contributed by atoms with Crippen molar-refractivity contribution in [3.63, 3.8) is 0 Å². The van der Waals surface area contributed by atoms with Crippen molar-refractivity contribution in [3.8, 4) is 0 Å². The lowest BCUT2D eigenvalue weighted by Gasteiger charge is -2.33. The third kappa shape index (κ3) is 2.89. The van der Waals surface area contributed by atoms with Gasteiger partial charge in [0.25, 0.3) is 0 Å². The molecule has 20 heavy (non-hydrogen) atoms. The molecule has 0 saturated carbocycles. The van der Waals surface area contributed by atoms with E-state index in [0.29, 0.717) is 17.8 Å². The van der Waals surface area contributed by atoms with Gasteiger partial charge in [0.2, 0.25) is 23.8 Å². The van der Waals surface area contributed by atoms with Crippen molar-refractivity contribution in [1.29, 1.82) is 0 Å². The standard InChI is InChI=1S/C12H21N7O/c1-14-10-15-11(18(2)3)17-12(16-10)19-7-5-4-6-8(19)9(13)20/h8H,4-7H2,1-3H3,(H2,13,20)(H,14,15,16,17). The van der Waals surface area contributed by atoms with Crippen LogP contribution in [-0.2, 0) is 4.79 Å². The molecule has 3 N–H and O–H groups in total. The highest BCUT2D eigenvalue weighted by molar-refractivity contribution is 5.83. The molecule has 0 aliphatic carbocycles. The second-order valence-electron chi connectivity index (χ2n) is 5.01. The minimum atomic E-state index is -0.342. The first-order chi connectivity index (χ1) is 9.52. The zero-order valence-electron chi connectivity index (χ0n) is 12.1. The zero-order chi connectivity index (χ0) is 14.7. The van der Waals surface area contributed by atoms with Gasteiger partial charge in [0.05, 0.1) is 0 Å². The molecule has 1 atom stereocenters. The lowest BCUT2D eigenvalue weighted by Crippen LogP contribution is -2.48. The number of hydrogen-bond acceptors (Lipinski definition) is 7. The Hall–Kier alpha value is -2.12. The molecule has 0 bridgehead atoms. The van der Waals surface area contributed by atoms with Gasteiger partial charge in [0.1, 0.15) is 6.04 Å². The lowest BCUT2D eigenvalue weighted by molar-refractivity contribution is -0.119. The summed E-state index contributed by atoms with van der Waals surface area (Å²) in [6, 6.07) is -0.342. The van der Waals surface area contributed by atoms with Crippen LogP contribution in [0.2, 0.25) is 0 Å². The Morgan fingerprint density at radius 2 is 2.10 bits per heavy atom. The fraction of sp³-hybridized carbons (Fsp3) is 0.667. The van der Waals surface area contributed by atoms with Gasteiger partial charge in [-0.3, -0.25) is 4.79 Å². The normalized spacial score (nSPS) is 18.8. The van der Waals surface area contributed by atoms with E-state index >= 15 is 0 Å². The molecule has 1 aliphatic heterocycles. The van der Waals surface area contributed by atoms with Crippen molar-refractivity contribution in [2.45, 2.75) is 25.3 Å². The summed E-state index contributed by atoms with van der Waals surface area (Å²) in [6.45, 7) is 0.730. The second kappa shape index (κ2) is 5.89. The maximum atomic E-state index is 11.6. The van der Waals surface area contributed by atoms with Crippen LogP contribution in [0.25, 0.3) is 0 Å². The highest BCUT2D eigenvalue weighted by atomic mass is 16.1. The quantitative estimate of drug-likeness (QED) is 0.788. The molecule has 1 aliphatic rings. The van der Waals surface area contributed by atoms with Gasteiger partial charge in [-0.1, -0.05) is 0 Å². The van der Waals surface area contributed by atoms with Crippen molar-refractivity contribution in [1.82, 2.24) is 15.0 Å². The number of nitrogens with one attached hydrogen (secondary N) is 1. The smallest absolute Gasteiger partial charge is 0.240 e. The molecule has 2 rings (SSSR count). The summed E-state index contributed by atoms with van der Waals surface area (Å²) in [5, 5.41) is 2.91. The fourth-order valence-electron chi connectivity index (χ4n) is 2.26. The topological polar surface area (TPSA) is 100 Å². The summed E-state index contributed by atoms with van der Waals surface area (Å²) in [6.07, 6.45) is 2.74. The Kier molecular flexibility index (Phi) is 4.21. The van der Waals surface area contributed by atoms with Crippen LogP contribution in [0.5, 0.6) is 0 Å². The third-order valence-corrected chi connectivity index (χ3v) is 3.32. The molecular formula is C12H21N7O. The zero-order valence-corrected chi connectivity index (χ0v) is 12.1. The molecule has 1 aromatic heterocycles. The molecule has 0 radical (unpaired) electrons. The van der Waals surface area contributed by atoms with Crippen LogP contribution in [0.1, 0.15) is 19.3 Å². The van der Waals surface area contributed by atoms with E-state index in [1.807, 2.05) is 19.0 Å². The number of piperidine rings is 1. The van der Waals surface area contributed by atoms with E-state index < -0.39 is 0 Å². The lowest BCUT2D eigenvalue weighted by atomic mass is 10.0. The molecule has 8 heteroatoms. The van der Waals surface area contributed by atoms with Crippen molar-refractivity contribution >= 4 is 23.8 Å². The molecular weight excluding hydrogens is 258 g/mol. The molecule has 1 saturated heterocycles. The van der Waals surface area contributed by atoms with E-state index in [-0.39, 0.29) is 11.9 Å². The Bertz CT molecular complexity index is 491. The third-order valence-electron chi connectivity index (χ3n) is 3.32. The highest BCUT2D eigenvalue weighted by Crippen LogP contribution is 2.23. The highest BCUT2D eigenvalue weighted by Gasteiger charge is 2.29. The summed E-state index contributed by atoms with van der Waals surface area (Å²) in [5.41, 5.74) is 5.49. The van der Waals surface area contributed by atoms with E-state index in [1.165, 1.54) is 0 Å². The van der Waals surface area contributed by atoms with Crippen molar-refractivity contribution in [2.75, 3.05) is 42.8 Å². The van der Waals surface area contributed by atoms with Crippen LogP contribution in [-0.4, -0.2) is 54.6 Å². The maximum absolute atomic E-state index is 11.6. The van der Waals surface area contributed by atoms with Gasteiger partial charge in [-0.25, -0.2) is 0 Å². The van der Waals surface area contributed by atoms with Crippen LogP contribution in [0, 0.1) is 0 Å². The molecule has 2 heterocycles. The molecule has 1 amide bonds. The van der Waals surface area contributed by atoms with E-state index in [0.717, 1.165) is 25.8 Å². The maximum Gasteiger partial charge on any atom is 0.240 e. The molecule has 8 nitrogen and oxygen atoms in total. The number of nitrogens with zero attached hydrogens (tertiary/aromatic N) is 5.